The first-order chi connectivity index (χ1) is 13.7. The van der Waals surface area contributed by atoms with Gasteiger partial charge in [-0.1, -0.05) is 20.8 Å². The van der Waals surface area contributed by atoms with Crippen LogP contribution in [0.3, 0.4) is 0 Å². The number of Topliss-reactive ketones (excluding diaryl/α,β-unsaturated/α-hetero) is 2. The van der Waals surface area contributed by atoms with Gasteiger partial charge in [0.25, 0.3) is 6.47 Å². The van der Waals surface area contributed by atoms with Crippen LogP contribution in [0.1, 0.15) is 47.0 Å². The lowest BCUT2D eigenvalue weighted by atomic mass is 9.81. The molecule has 9 heteroatoms. The number of carbonyl (C=O) groups is 5. The van der Waals surface area contributed by atoms with Gasteiger partial charge in [0.1, 0.15) is 30.2 Å². The maximum Gasteiger partial charge on any atom is 0.407 e. The van der Waals surface area contributed by atoms with Crippen LogP contribution in [0.25, 0.3) is 0 Å². The molecule has 0 saturated carbocycles. The molecule has 2 aliphatic rings. The highest BCUT2D eigenvalue weighted by Crippen LogP contribution is 2.28. The Balaban J connectivity index is 2.34. The molecule has 2 saturated heterocycles. The van der Waals surface area contributed by atoms with E-state index in [4.69, 9.17) is 14.2 Å². The highest BCUT2D eigenvalue weighted by molar-refractivity contribution is 5.99. The van der Waals surface area contributed by atoms with E-state index in [0.29, 0.717) is 12.9 Å². The molecule has 29 heavy (non-hydrogen) atoms. The lowest BCUT2D eigenvalue weighted by Gasteiger charge is -2.29. The fourth-order valence-electron chi connectivity index (χ4n) is 4.04. The molecule has 0 aromatic carbocycles. The minimum Gasteiger partial charge on any atom is -0.465 e. The zero-order valence-corrected chi connectivity index (χ0v) is 17.2. The summed E-state index contributed by atoms with van der Waals surface area (Å²) in [6.07, 6.45) is -1.16. The van der Waals surface area contributed by atoms with Crippen molar-refractivity contribution in [2.75, 3.05) is 6.61 Å². The van der Waals surface area contributed by atoms with Crippen molar-refractivity contribution < 1.29 is 38.2 Å². The second-order valence-electron chi connectivity index (χ2n) is 7.89. The molecule has 0 radical (unpaired) electrons. The molecule has 2 rings (SSSR count). The maximum absolute atomic E-state index is 13.1. The molecule has 2 fully saturated rings. The van der Waals surface area contributed by atoms with Gasteiger partial charge in [0.05, 0.1) is 6.04 Å². The van der Waals surface area contributed by atoms with Crippen molar-refractivity contribution in [3.05, 3.63) is 0 Å². The first kappa shape index (κ1) is 22.8. The number of fused-ring (bicyclic) bond motifs is 1. The van der Waals surface area contributed by atoms with E-state index in [1.165, 1.54) is 6.92 Å². The molecule has 1 amide bonds. The molecule has 0 spiro atoms. The van der Waals surface area contributed by atoms with E-state index in [-0.39, 0.29) is 31.0 Å². The van der Waals surface area contributed by atoms with Crippen LogP contribution in [0.2, 0.25) is 0 Å². The quantitative estimate of drug-likeness (QED) is 0.320. The van der Waals surface area contributed by atoms with Gasteiger partial charge in [-0.05, 0) is 26.2 Å². The Kier molecular flexibility index (Phi) is 7.75. The van der Waals surface area contributed by atoms with E-state index in [9.17, 15) is 24.0 Å². The van der Waals surface area contributed by atoms with Crippen LogP contribution in [0.5, 0.6) is 0 Å². The first-order valence-electron chi connectivity index (χ1n) is 9.99. The number of ether oxygens (including phenoxy) is 3. The van der Waals surface area contributed by atoms with Gasteiger partial charge < -0.3 is 19.5 Å². The molecule has 0 aromatic heterocycles. The summed E-state index contributed by atoms with van der Waals surface area (Å²) in [5.41, 5.74) is 0. The third kappa shape index (κ3) is 5.33. The van der Waals surface area contributed by atoms with E-state index in [2.05, 4.69) is 5.32 Å². The molecule has 162 valence electrons. The van der Waals surface area contributed by atoms with Gasteiger partial charge in [-0.3, -0.25) is 19.2 Å². The monoisotopic (exact) mass is 411 g/mol. The lowest BCUT2D eigenvalue weighted by Crippen LogP contribution is -2.46. The van der Waals surface area contributed by atoms with Gasteiger partial charge in [-0.25, -0.2) is 4.79 Å². The smallest absolute Gasteiger partial charge is 0.407 e. The number of carbonyl (C=O) groups excluding carboxylic acids is 5. The van der Waals surface area contributed by atoms with Gasteiger partial charge in [0.15, 0.2) is 6.10 Å². The van der Waals surface area contributed by atoms with Crippen LogP contribution in [0.15, 0.2) is 0 Å². The number of ketones is 2. The number of hydrogen-bond acceptors (Lipinski definition) is 8. The van der Waals surface area contributed by atoms with Crippen LogP contribution in [0, 0.1) is 23.7 Å². The maximum atomic E-state index is 13.1. The molecule has 0 bridgehead atoms. The zero-order valence-electron chi connectivity index (χ0n) is 17.2. The van der Waals surface area contributed by atoms with Gasteiger partial charge in [0.2, 0.25) is 0 Å². The second-order valence-corrected chi connectivity index (χ2v) is 7.89. The van der Waals surface area contributed by atoms with Crippen LogP contribution in [0.4, 0.5) is 4.79 Å². The van der Waals surface area contributed by atoms with Gasteiger partial charge in [-0.15, -0.1) is 0 Å². The Bertz CT molecular complexity index is 663. The number of cyclic esters (lactones) is 1. The average Bonchev–Trinajstić information content (AvgIpc) is 3.07. The summed E-state index contributed by atoms with van der Waals surface area (Å²) in [4.78, 5) is 60.7. The second kappa shape index (κ2) is 9.84. The number of amides is 1. The highest BCUT2D eigenvalue weighted by Gasteiger charge is 2.43. The Morgan fingerprint density at radius 1 is 1.10 bits per heavy atom. The van der Waals surface area contributed by atoms with E-state index in [1.807, 2.05) is 6.92 Å². The standard InChI is InChI=1S/C20H29NO8/c1-5-13-7-14(28-9-22)6-10(2)17(23)12(4)19(25)27-8-15-16(11(3)18(13)24)21-20(26)29-15/h9-16H,5-8H2,1-4H3,(H,21,26)/t10-,11+,12?,13-,14?,15?,16?/m1/s1. The molecule has 2 aliphatic heterocycles. The zero-order chi connectivity index (χ0) is 21.7. The predicted molar refractivity (Wildman–Crippen MR) is 99.6 cm³/mol. The van der Waals surface area contributed by atoms with Crippen molar-refractivity contribution in [2.24, 2.45) is 23.7 Å². The third-order valence-corrected chi connectivity index (χ3v) is 5.89. The largest absolute Gasteiger partial charge is 0.465 e. The molecule has 2 heterocycles. The van der Waals surface area contributed by atoms with Gasteiger partial charge >= 0.3 is 12.1 Å². The fourth-order valence-corrected chi connectivity index (χ4v) is 4.04. The Hall–Kier alpha value is -2.45. The van der Waals surface area contributed by atoms with Crippen molar-refractivity contribution in [1.29, 1.82) is 0 Å². The summed E-state index contributed by atoms with van der Waals surface area (Å²) >= 11 is 0. The lowest BCUT2D eigenvalue weighted by molar-refractivity contribution is -0.155. The summed E-state index contributed by atoms with van der Waals surface area (Å²) in [6, 6.07) is -0.657. The van der Waals surface area contributed by atoms with Crippen LogP contribution < -0.4 is 5.32 Å². The summed E-state index contributed by atoms with van der Waals surface area (Å²) in [5.74, 6) is -3.74. The number of rotatable bonds is 3. The normalized spacial score (nSPS) is 36.9. The Morgan fingerprint density at radius 3 is 2.41 bits per heavy atom. The molecule has 0 aliphatic carbocycles. The number of hydrogen-bond donors (Lipinski definition) is 1. The number of nitrogens with one attached hydrogen (secondary N) is 1. The summed E-state index contributed by atoms with van der Waals surface area (Å²) in [6.45, 7) is 6.73. The van der Waals surface area contributed by atoms with E-state index < -0.39 is 54.0 Å². The van der Waals surface area contributed by atoms with Gasteiger partial charge in [-0.2, -0.15) is 0 Å². The fraction of sp³-hybridized carbons (Fsp3) is 0.750. The molecule has 0 aromatic rings. The molecule has 9 nitrogen and oxygen atoms in total. The van der Waals surface area contributed by atoms with Crippen molar-refractivity contribution in [2.45, 2.75) is 65.2 Å². The Morgan fingerprint density at radius 2 is 1.79 bits per heavy atom. The van der Waals surface area contributed by atoms with E-state index >= 15 is 0 Å². The first-order valence-corrected chi connectivity index (χ1v) is 9.99. The van der Waals surface area contributed by atoms with Crippen molar-refractivity contribution in [3.63, 3.8) is 0 Å². The Labute approximate surface area is 169 Å². The molecular formula is C20H29NO8. The van der Waals surface area contributed by atoms with Crippen molar-refractivity contribution in [1.82, 2.24) is 5.32 Å². The summed E-state index contributed by atoms with van der Waals surface area (Å²) in [5, 5.41) is 2.61. The van der Waals surface area contributed by atoms with Crippen molar-refractivity contribution >= 4 is 30.1 Å². The van der Waals surface area contributed by atoms with Crippen LogP contribution in [-0.2, 0) is 33.4 Å². The average molecular weight is 411 g/mol. The summed E-state index contributed by atoms with van der Waals surface area (Å²) < 4.78 is 15.5. The number of esters is 1. The minimum atomic E-state index is -1.01. The van der Waals surface area contributed by atoms with Crippen LogP contribution >= 0.6 is 0 Å². The molecule has 7 atom stereocenters. The molecule has 1 N–H and O–H groups in total. The van der Waals surface area contributed by atoms with E-state index in [0.717, 1.165) is 0 Å². The van der Waals surface area contributed by atoms with Gasteiger partial charge in [0, 0.05) is 17.8 Å². The summed E-state index contributed by atoms with van der Waals surface area (Å²) in [7, 11) is 0. The topological polar surface area (TPSA) is 125 Å². The van der Waals surface area contributed by atoms with Crippen LogP contribution in [-0.4, -0.2) is 55.0 Å². The molecule has 4 unspecified atom stereocenters. The minimum absolute atomic E-state index is 0.108. The highest BCUT2D eigenvalue weighted by atomic mass is 16.6. The van der Waals surface area contributed by atoms with Crippen molar-refractivity contribution in [3.8, 4) is 0 Å². The predicted octanol–water partition coefficient (Wildman–Crippen LogP) is 1.41. The third-order valence-electron chi connectivity index (χ3n) is 5.89. The number of alkyl carbamates (subject to hydrolysis) is 1. The molecular weight excluding hydrogens is 382 g/mol. The van der Waals surface area contributed by atoms with E-state index in [1.54, 1.807) is 13.8 Å². The SMILES string of the molecule is CC[C@@H]1CC(OC=O)C[C@@H](C)C(=O)C(C)C(=O)OCC2OC(=O)NC2[C@H](C)C1=O.